The lowest BCUT2D eigenvalue weighted by Crippen LogP contribution is -2.54. The summed E-state index contributed by atoms with van der Waals surface area (Å²) in [4.78, 5) is 51.6. The number of carbonyl (C=O) groups excluding carboxylic acids is 4. The topological polar surface area (TPSA) is 114 Å². The predicted octanol–water partition coefficient (Wildman–Crippen LogP) is 5.49. The fourth-order valence-corrected chi connectivity index (χ4v) is 4.46. The number of benzene rings is 3. The van der Waals surface area contributed by atoms with Gasteiger partial charge < -0.3 is 14.8 Å². The number of hydrogen-bond donors (Lipinski definition) is 2. The molecule has 39 heavy (non-hydrogen) atoms. The lowest BCUT2D eigenvalue weighted by Gasteiger charge is -2.26. The van der Waals surface area contributed by atoms with Crippen molar-refractivity contribution in [1.29, 1.82) is 0 Å². The number of carbonyl (C=O) groups is 4. The fraction of sp³-hybridized carbons (Fsp3) is 0.143. The van der Waals surface area contributed by atoms with E-state index in [4.69, 9.17) is 21.1 Å². The summed E-state index contributed by atoms with van der Waals surface area (Å²) in [5, 5.41) is 5.29. The fourth-order valence-electron chi connectivity index (χ4n) is 3.71. The van der Waals surface area contributed by atoms with Crippen LogP contribution in [0.2, 0.25) is 5.02 Å². The number of urea groups is 1. The van der Waals surface area contributed by atoms with E-state index in [9.17, 15) is 19.2 Å². The van der Waals surface area contributed by atoms with Gasteiger partial charge in [0.25, 0.3) is 17.7 Å². The molecule has 1 fully saturated rings. The van der Waals surface area contributed by atoms with Crippen molar-refractivity contribution in [2.75, 3.05) is 23.4 Å². The standard InChI is InChI=1S/C28H23BrClN3O6/c1-3-38-23-13-17(12-21(29)25(23)39-15-24(34)31-18-7-5-4-6-8-18)11-20-26(35)32-28(37)33(27(20)36)19-10-9-16(2)22(30)14-19/h4-14H,3,15H2,1-2H3,(H,31,34)(H,32,35,37)/b20-11+. The molecule has 5 amide bonds. The number of barbiturate groups is 1. The second-order valence-electron chi connectivity index (χ2n) is 8.36. The second-order valence-corrected chi connectivity index (χ2v) is 9.62. The Labute approximate surface area is 237 Å². The molecule has 0 unspecified atom stereocenters. The van der Waals surface area contributed by atoms with Crippen molar-refractivity contribution in [3.63, 3.8) is 0 Å². The van der Waals surface area contributed by atoms with E-state index < -0.39 is 17.8 Å². The molecule has 3 aromatic carbocycles. The van der Waals surface area contributed by atoms with E-state index in [1.165, 1.54) is 12.1 Å². The third-order valence-corrected chi connectivity index (χ3v) is 6.56. The van der Waals surface area contributed by atoms with Crippen LogP contribution >= 0.6 is 27.5 Å². The number of aryl methyl sites for hydroxylation is 1. The first-order valence-electron chi connectivity index (χ1n) is 11.8. The van der Waals surface area contributed by atoms with E-state index in [1.54, 1.807) is 62.4 Å². The molecule has 1 aliphatic rings. The van der Waals surface area contributed by atoms with E-state index >= 15 is 0 Å². The third kappa shape index (κ3) is 6.47. The first-order valence-corrected chi connectivity index (χ1v) is 13.0. The minimum atomic E-state index is -0.879. The number of nitrogens with one attached hydrogen (secondary N) is 2. The molecule has 0 saturated carbocycles. The van der Waals surface area contributed by atoms with Crippen molar-refractivity contribution in [2.24, 2.45) is 0 Å². The molecule has 9 nitrogen and oxygen atoms in total. The highest BCUT2D eigenvalue weighted by atomic mass is 79.9. The van der Waals surface area contributed by atoms with Gasteiger partial charge in [-0.25, -0.2) is 9.69 Å². The van der Waals surface area contributed by atoms with Crippen LogP contribution in [0.1, 0.15) is 18.1 Å². The normalized spacial score (nSPS) is 14.3. The molecule has 0 radical (unpaired) electrons. The van der Waals surface area contributed by atoms with Crippen LogP contribution in [0, 0.1) is 6.92 Å². The van der Waals surface area contributed by atoms with Crippen LogP contribution in [-0.4, -0.2) is 37.0 Å². The van der Waals surface area contributed by atoms with Gasteiger partial charge in [0.1, 0.15) is 5.57 Å². The Morgan fingerprint density at radius 2 is 1.82 bits per heavy atom. The van der Waals surface area contributed by atoms with Gasteiger partial charge in [0.05, 0.1) is 16.8 Å². The van der Waals surface area contributed by atoms with Crippen LogP contribution < -0.4 is 25.0 Å². The summed E-state index contributed by atoms with van der Waals surface area (Å²) < 4.78 is 11.9. The number of nitrogens with zero attached hydrogens (tertiary/aromatic N) is 1. The summed E-state index contributed by atoms with van der Waals surface area (Å²) in [6.07, 6.45) is 1.34. The summed E-state index contributed by atoms with van der Waals surface area (Å²) in [6, 6.07) is 16.0. The molecule has 0 bridgehead atoms. The third-order valence-electron chi connectivity index (χ3n) is 5.56. The zero-order valence-electron chi connectivity index (χ0n) is 20.9. The summed E-state index contributed by atoms with van der Waals surface area (Å²) in [6.45, 7) is 3.56. The van der Waals surface area contributed by atoms with E-state index in [0.717, 1.165) is 10.5 Å². The maximum absolute atomic E-state index is 13.3. The number of amides is 5. The van der Waals surface area contributed by atoms with Crippen LogP contribution in [0.4, 0.5) is 16.2 Å². The average molecular weight is 613 g/mol. The number of hydrogen-bond acceptors (Lipinski definition) is 6. The van der Waals surface area contributed by atoms with Crippen molar-refractivity contribution < 1.29 is 28.7 Å². The van der Waals surface area contributed by atoms with Crippen molar-refractivity contribution in [2.45, 2.75) is 13.8 Å². The molecular weight excluding hydrogens is 590 g/mol. The van der Waals surface area contributed by atoms with Gasteiger partial charge in [0.15, 0.2) is 18.1 Å². The zero-order chi connectivity index (χ0) is 28.1. The molecule has 1 saturated heterocycles. The summed E-state index contributed by atoms with van der Waals surface area (Å²) in [5.74, 6) is -1.46. The highest BCUT2D eigenvalue weighted by molar-refractivity contribution is 9.10. The molecule has 2 N–H and O–H groups in total. The molecule has 11 heteroatoms. The highest BCUT2D eigenvalue weighted by Crippen LogP contribution is 2.38. The zero-order valence-corrected chi connectivity index (χ0v) is 23.3. The Morgan fingerprint density at radius 1 is 1.08 bits per heavy atom. The Balaban J connectivity index is 1.60. The van der Waals surface area contributed by atoms with Crippen LogP contribution in [-0.2, 0) is 14.4 Å². The number of para-hydroxylation sites is 1. The smallest absolute Gasteiger partial charge is 0.335 e. The van der Waals surface area contributed by atoms with E-state index in [-0.39, 0.29) is 41.9 Å². The van der Waals surface area contributed by atoms with Gasteiger partial charge >= 0.3 is 6.03 Å². The number of halogens is 2. The molecular formula is C28H23BrClN3O6. The van der Waals surface area contributed by atoms with Gasteiger partial charge in [-0.15, -0.1) is 0 Å². The summed E-state index contributed by atoms with van der Waals surface area (Å²) >= 11 is 9.60. The largest absolute Gasteiger partial charge is 0.490 e. The van der Waals surface area contributed by atoms with Gasteiger partial charge in [-0.2, -0.15) is 0 Å². The minimum absolute atomic E-state index is 0.222. The molecule has 3 aromatic rings. The molecule has 0 aliphatic carbocycles. The summed E-state index contributed by atoms with van der Waals surface area (Å²) in [5.41, 5.74) is 1.77. The van der Waals surface area contributed by atoms with Gasteiger partial charge in [-0.05, 0) is 83.4 Å². The van der Waals surface area contributed by atoms with Gasteiger partial charge in [0, 0.05) is 10.7 Å². The predicted molar refractivity (Wildman–Crippen MR) is 151 cm³/mol. The van der Waals surface area contributed by atoms with Crippen molar-refractivity contribution >= 4 is 68.7 Å². The van der Waals surface area contributed by atoms with E-state index in [2.05, 4.69) is 26.6 Å². The number of rotatable bonds is 8. The van der Waals surface area contributed by atoms with Gasteiger partial charge in [-0.3, -0.25) is 19.7 Å². The van der Waals surface area contributed by atoms with Gasteiger partial charge in [0.2, 0.25) is 0 Å². The van der Waals surface area contributed by atoms with Gasteiger partial charge in [-0.1, -0.05) is 35.9 Å². The molecule has 4 rings (SSSR count). The Kier molecular flexibility index (Phi) is 8.68. The number of imide groups is 2. The first-order chi connectivity index (χ1) is 18.7. The van der Waals surface area contributed by atoms with Crippen LogP contribution in [0.15, 0.2) is 70.7 Å². The maximum Gasteiger partial charge on any atom is 0.335 e. The quantitative estimate of drug-likeness (QED) is 0.257. The summed E-state index contributed by atoms with van der Waals surface area (Å²) in [7, 11) is 0. The van der Waals surface area contributed by atoms with Crippen molar-refractivity contribution in [1.82, 2.24) is 5.32 Å². The Bertz CT molecular complexity index is 1490. The van der Waals surface area contributed by atoms with Crippen molar-refractivity contribution in [3.05, 3.63) is 86.9 Å². The second kappa shape index (κ2) is 12.1. The SMILES string of the molecule is CCOc1cc(/C=C2\C(=O)NC(=O)N(c3ccc(C)c(Cl)c3)C2=O)cc(Br)c1OCC(=O)Nc1ccccc1. The van der Waals surface area contributed by atoms with E-state index in [0.29, 0.717) is 20.7 Å². The molecule has 0 spiro atoms. The van der Waals surface area contributed by atoms with Crippen LogP contribution in [0.25, 0.3) is 6.08 Å². The monoisotopic (exact) mass is 611 g/mol. The van der Waals surface area contributed by atoms with Crippen molar-refractivity contribution in [3.8, 4) is 11.5 Å². The maximum atomic E-state index is 13.3. The Morgan fingerprint density at radius 3 is 2.51 bits per heavy atom. The molecule has 1 aliphatic heterocycles. The minimum Gasteiger partial charge on any atom is -0.490 e. The average Bonchev–Trinajstić information content (AvgIpc) is 2.89. The first kappa shape index (κ1) is 27.9. The molecule has 0 atom stereocenters. The Hall–Kier alpha value is -4.15. The number of anilines is 2. The molecule has 0 aromatic heterocycles. The van der Waals surface area contributed by atoms with E-state index in [1.807, 2.05) is 6.07 Å². The number of ether oxygens (including phenoxy) is 2. The van der Waals surface area contributed by atoms with Crippen LogP contribution in [0.5, 0.6) is 11.5 Å². The lowest BCUT2D eigenvalue weighted by molar-refractivity contribution is -0.122. The van der Waals surface area contributed by atoms with Crippen LogP contribution in [0.3, 0.4) is 0 Å². The lowest BCUT2D eigenvalue weighted by atomic mass is 10.1. The molecule has 1 heterocycles. The highest BCUT2D eigenvalue weighted by Gasteiger charge is 2.37. The molecule has 200 valence electrons.